The minimum absolute atomic E-state index is 0.0940. The lowest BCUT2D eigenvalue weighted by Gasteiger charge is -2.53. The first-order valence-electron chi connectivity index (χ1n) is 11.2. The van der Waals surface area contributed by atoms with Gasteiger partial charge in [0.1, 0.15) is 0 Å². The number of hydrogen-bond acceptors (Lipinski definition) is 1. The third-order valence-electron chi connectivity index (χ3n) is 8.37. The molecule has 4 aliphatic rings. The molecule has 0 aromatic heterocycles. The van der Waals surface area contributed by atoms with Gasteiger partial charge in [0, 0.05) is 11.5 Å². The van der Waals surface area contributed by atoms with Crippen LogP contribution in [0, 0.1) is 47.3 Å². The summed E-state index contributed by atoms with van der Waals surface area (Å²) in [5, 5.41) is 3.28. The second kappa shape index (κ2) is 6.57. The smallest absolute Gasteiger partial charge is 0.223 e. The van der Waals surface area contributed by atoms with Gasteiger partial charge in [0.05, 0.1) is 0 Å². The van der Waals surface area contributed by atoms with Crippen LogP contribution in [0.15, 0.2) is 0 Å². The highest BCUT2D eigenvalue weighted by Crippen LogP contribution is 2.59. The second-order valence-electron chi connectivity index (χ2n) is 11.1. The van der Waals surface area contributed by atoms with Crippen molar-refractivity contribution in [3.63, 3.8) is 0 Å². The van der Waals surface area contributed by atoms with E-state index < -0.39 is 0 Å². The third kappa shape index (κ3) is 3.39. The molecule has 4 aliphatic carbocycles. The van der Waals surface area contributed by atoms with Crippen molar-refractivity contribution in [1.29, 1.82) is 0 Å². The molecule has 4 rings (SSSR count). The number of amides is 1. The fraction of sp³-hybridized carbons (Fsp3) is 0.957. The van der Waals surface area contributed by atoms with Crippen molar-refractivity contribution < 1.29 is 4.79 Å². The summed E-state index contributed by atoms with van der Waals surface area (Å²) < 4.78 is 0. The third-order valence-corrected chi connectivity index (χ3v) is 8.37. The fourth-order valence-corrected chi connectivity index (χ4v) is 7.53. The summed E-state index contributed by atoms with van der Waals surface area (Å²) in [5.41, 5.74) is -0.0940. The highest BCUT2D eigenvalue weighted by atomic mass is 16.2. The first-order valence-corrected chi connectivity index (χ1v) is 11.2. The Morgan fingerprint density at radius 2 is 1.32 bits per heavy atom. The van der Waals surface area contributed by atoms with Gasteiger partial charge in [-0.3, -0.25) is 4.79 Å². The first kappa shape index (κ1) is 17.9. The van der Waals surface area contributed by atoms with Gasteiger partial charge in [-0.2, -0.15) is 0 Å². The predicted octanol–water partition coefficient (Wildman–Crippen LogP) is 5.42. The van der Waals surface area contributed by atoms with Crippen LogP contribution >= 0.6 is 0 Å². The lowest BCUT2D eigenvalue weighted by molar-refractivity contribution is -0.129. The summed E-state index contributed by atoms with van der Waals surface area (Å²) in [6.45, 7) is 8.80. The number of nitrogens with one attached hydrogen (secondary N) is 1. The molecular formula is C23H39NO. The predicted molar refractivity (Wildman–Crippen MR) is 103 cm³/mol. The molecule has 0 radical (unpaired) electrons. The molecule has 2 heteroatoms. The lowest BCUT2D eigenvalue weighted by atomic mass is 9.52. The molecule has 25 heavy (non-hydrogen) atoms. The van der Waals surface area contributed by atoms with Crippen molar-refractivity contribution in [3.8, 4) is 0 Å². The van der Waals surface area contributed by atoms with E-state index in [1.165, 1.54) is 51.4 Å². The van der Waals surface area contributed by atoms with Gasteiger partial charge in [-0.25, -0.2) is 0 Å². The number of rotatable bonds is 1. The number of fused-ring (bicyclic) bond motifs is 5. The fourth-order valence-electron chi connectivity index (χ4n) is 7.53. The van der Waals surface area contributed by atoms with Crippen LogP contribution in [0.25, 0.3) is 0 Å². The molecule has 0 aromatic rings. The molecule has 0 bridgehead atoms. The van der Waals surface area contributed by atoms with E-state index >= 15 is 0 Å². The SMILES string of the molecule is CC1CCC2C(CCC3C2CCC2C(C(=O)NC(C)(C)C)CCC23)C1. The maximum Gasteiger partial charge on any atom is 0.223 e. The van der Waals surface area contributed by atoms with E-state index in [1.54, 1.807) is 0 Å². The quantitative estimate of drug-likeness (QED) is 0.676. The Morgan fingerprint density at radius 3 is 2.08 bits per heavy atom. The van der Waals surface area contributed by atoms with Crippen LogP contribution in [0.3, 0.4) is 0 Å². The number of carbonyl (C=O) groups is 1. The van der Waals surface area contributed by atoms with Gasteiger partial charge in [-0.1, -0.05) is 13.3 Å². The summed E-state index contributed by atoms with van der Waals surface area (Å²) in [5.74, 6) is 7.15. The van der Waals surface area contributed by atoms with Crippen molar-refractivity contribution in [2.24, 2.45) is 47.3 Å². The van der Waals surface area contributed by atoms with E-state index in [9.17, 15) is 4.79 Å². The molecule has 2 nitrogen and oxygen atoms in total. The Morgan fingerprint density at radius 1 is 0.760 bits per heavy atom. The molecule has 0 heterocycles. The average molecular weight is 346 g/mol. The zero-order valence-corrected chi connectivity index (χ0v) is 16.9. The topological polar surface area (TPSA) is 29.1 Å². The molecule has 4 fully saturated rings. The summed E-state index contributed by atoms with van der Waals surface area (Å²) >= 11 is 0. The van der Waals surface area contributed by atoms with Gasteiger partial charge in [0.15, 0.2) is 0 Å². The van der Waals surface area contributed by atoms with Crippen LogP contribution in [-0.2, 0) is 4.79 Å². The second-order valence-corrected chi connectivity index (χ2v) is 11.1. The summed E-state index contributed by atoms with van der Waals surface area (Å²) in [6.07, 6.45) is 12.6. The Balaban J connectivity index is 1.45. The van der Waals surface area contributed by atoms with Crippen molar-refractivity contribution >= 4 is 5.91 Å². The van der Waals surface area contributed by atoms with Crippen LogP contribution in [0.2, 0.25) is 0 Å². The molecule has 0 saturated heterocycles. The molecule has 1 N–H and O–H groups in total. The maximum atomic E-state index is 12.8. The van der Waals surface area contributed by atoms with Gasteiger partial charge in [0.25, 0.3) is 0 Å². The number of carbonyl (C=O) groups excluding carboxylic acids is 1. The minimum Gasteiger partial charge on any atom is -0.351 e. The van der Waals surface area contributed by atoms with Crippen LogP contribution in [0.4, 0.5) is 0 Å². The monoisotopic (exact) mass is 345 g/mol. The van der Waals surface area contributed by atoms with E-state index in [0.717, 1.165) is 41.9 Å². The van der Waals surface area contributed by atoms with Gasteiger partial charge in [-0.15, -0.1) is 0 Å². The highest BCUT2D eigenvalue weighted by molar-refractivity contribution is 5.80. The standard InChI is InChI=1S/C23H39NO/c1-14-5-7-16-15(13-14)6-8-18-17(16)9-10-20-19(18)11-12-21(20)22(25)24-23(2,3)4/h14-21H,5-13H2,1-4H3,(H,24,25). The first-order chi connectivity index (χ1) is 11.8. The van der Waals surface area contributed by atoms with Crippen molar-refractivity contribution in [3.05, 3.63) is 0 Å². The van der Waals surface area contributed by atoms with E-state index in [0.29, 0.717) is 17.7 Å². The molecule has 1 amide bonds. The Bertz CT molecular complexity index is 507. The molecule has 8 unspecified atom stereocenters. The van der Waals surface area contributed by atoms with E-state index in [2.05, 4.69) is 33.0 Å². The van der Waals surface area contributed by atoms with Gasteiger partial charge in [0.2, 0.25) is 5.91 Å². The van der Waals surface area contributed by atoms with Gasteiger partial charge >= 0.3 is 0 Å². The molecule has 142 valence electrons. The van der Waals surface area contributed by atoms with Gasteiger partial charge in [-0.05, 0) is 114 Å². The molecule has 4 saturated carbocycles. The zero-order chi connectivity index (χ0) is 17.8. The molecule has 0 aliphatic heterocycles. The molecular weight excluding hydrogens is 306 g/mol. The van der Waals surface area contributed by atoms with Crippen LogP contribution in [0.1, 0.15) is 85.5 Å². The van der Waals surface area contributed by atoms with Crippen molar-refractivity contribution in [2.45, 2.75) is 91.0 Å². The van der Waals surface area contributed by atoms with Crippen molar-refractivity contribution in [1.82, 2.24) is 5.32 Å². The van der Waals surface area contributed by atoms with Gasteiger partial charge < -0.3 is 5.32 Å². The van der Waals surface area contributed by atoms with Crippen molar-refractivity contribution in [2.75, 3.05) is 0 Å². The normalized spacial score (nSPS) is 46.7. The van der Waals surface area contributed by atoms with E-state index in [1.807, 2.05) is 0 Å². The molecule has 0 spiro atoms. The van der Waals surface area contributed by atoms with Crippen LogP contribution < -0.4 is 5.32 Å². The Labute approximate surface area is 154 Å². The summed E-state index contributed by atoms with van der Waals surface area (Å²) in [7, 11) is 0. The Hall–Kier alpha value is -0.530. The molecule has 0 aromatic carbocycles. The molecule has 8 atom stereocenters. The van der Waals surface area contributed by atoms with Crippen LogP contribution in [0.5, 0.6) is 0 Å². The minimum atomic E-state index is -0.0940. The van der Waals surface area contributed by atoms with E-state index in [4.69, 9.17) is 0 Å². The summed E-state index contributed by atoms with van der Waals surface area (Å²) in [4.78, 5) is 12.8. The highest BCUT2D eigenvalue weighted by Gasteiger charge is 2.52. The van der Waals surface area contributed by atoms with E-state index in [-0.39, 0.29) is 5.54 Å². The summed E-state index contributed by atoms with van der Waals surface area (Å²) in [6, 6.07) is 0. The maximum absolute atomic E-state index is 12.8. The Kier molecular flexibility index (Phi) is 4.69. The lowest BCUT2D eigenvalue weighted by Crippen LogP contribution is -2.48. The number of hydrogen-bond donors (Lipinski definition) is 1. The van der Waals surface area contributed by atoms with Crippen LogP contribution in [-0.4, -0.2) is 11.4 Å². The largest absolute Gasteiger partial charge is 0.351 e. The average Bonchev–Trinajstić information content (AvgIpc) is 2.96. The zero-order valence-electron chi connectivity index (χ0n) is 16.9.